The summed E-state index contributed by atoms with van der Waals surface area (Å²) in [5, 5.41) is 0. The fourth-order valence-electron chi connectivity index (χ4n) is 0.453. The summed E-state index contributed by atoms with van der Waals surface area (Å²) < 4.78 is 1.99. The highest BCUT2D eigenvalue weighted by atomic mass is 35.6. The average Bonchev–Trinajstić information content (AvgIpc) is 1.99. The van der Waals surface area contributed by atoms with Gasteiger partial charge in [-0.2, -0.15) is 0 Å². The maximum Gasteiger partial charge on any atom is 0.366 e. The number of unbranched alkanes of at least 4 members (excludes halogenated alkanes) is 1. The Hall–Kier alpha value is 0.01000. The first-order valence-corrected chi connectivity index (χ1v) is 4.67. The van der Waals surface area contributed by atoms with Crippen molar-refractivity contribution in [3.05, 3.63) is 6.42 Å². The van der Waals surface area contributed by atoms with Crippen molar-refractivity contribution in [2.24, 2.45) is 0 Å². The Kier molecular flexibility index (Phi) is 5.68. The van der Waals surface area contributed by atoms with Crippen LogP contribution in [0.1, 0.15) is 19.8 Å². The quantitative estimate of drug-likeness (QED) is 0.436. The van der Waals surface area contributed by atoms with Gasteiger partial charge in [0.25, 0.3) is 3.79 Å². The molecule has 0 atom stereocenters. The smallest absolute Gasteiger partial charge is 0.366 e. The molecule has 0 aromatic rings. The number of esters is 2. The molecular formula is C7H8Cl3O3. The lowest BCUT2D eigenvalue weighted by Gasteiger charge is -2.08. The van der Waals surface area contributed by atoms with Gasteiger partial charge in [0, 0.05) is 0 Å². The maximum absolute atomic E-state index is 10.8. The number of halogens is 3. The standard InChI is InChI=1S/C7H8Cl3O3/c1-2-3-4-5(11)13-6(12)7(8,9)10/h4H,2-3H2,1H3. The molecule has 0 N–H and O–H groups in total. The fraction of sp³-hybridized carbons (Fsp3) is 0.571. The molecule has 0 saturated heterocycles. The lowest BCUT2D eigenvalue weighted by atomic mass is 10.2. The normalized spacial score (nSPS) is 11.1. The van der Waals surface area contributed by atoms with E-state index in [1.54, 1.807) is 0 Å². The Morgan fingerprint density at radius 1 is 1.38 bits per heavy atom. The minimum atomic E-state index is -2.20. The van der Waals surface area contributed by atoms with Crippen LogP contribution in [0.5, 0.6) is 0 Å². The van der Waals surface area contributed by atoms with E-state index in [0.29, 0.717) is 6.42 Å². The van der Waals surface area contributed by atoms with Crippen LogP contribution in [-0.4, -0.2) is 15.7 Å². The predicted molar refractivity (Wildman–Crippen MR) is 50.6 cm³/mol. The van der Waals surface area contributed by atoms with Gasteiger partial charge >= 0.3 is 11.9 Å². The zero-order valence-electron chi connectivity index (χ0n) is 6.85. The van der Waals surface area contributed by atoms with E-state index >= 15 is 0 Å². The second kappa shape index (κ2) is 5.68. The first-order valence-electron chi connectivity index (χ1n) is 3.54. The molecule has 0 amide bonds. The van der Waals surface area contributed by atoms with Crippen LogP contribution in [0.3, 0.4) is 0 Å². The molecule has 0 fully saturated rings. The van der Waals surface area contributed by atoms with Gasteiger partial charge in [-0.3, -0.25) is 4.79 Å². The topological polar surface area (TPSA) is 43.4 Å². The van der Waals surface area contributed by atoms with Crippen LogP contribution in [0.15, 0.2) is 0 Å². The zero-order valence-corrected chi connectivity index (χ0v) is 9.12. The lowest BCUT2D eigenvalue weighted by Crippen LogP contribution is -2.25. The Morgan fingerprint density at radius 3 is 2.31 bits per heavy atom. The molecular weight excluding hydrogens is 238 g/mol. The summed E-state index contributed by atoms with van der Waals surface area (Å²) in [5.41, 5.74) is 0. The molecule has 3 nitrogen and oxygen atoms in total. The Labute approximate surface area is 91.3 Å². The lowest BCUT2D eigenvalue weighted by molar-refractivity contribution is -0.156. The number of carbonyl (C=O) groups excluding carboxylic acids is 2. The summed E-state index contributed by atoms with van der Waals surface area (Å²) >= 11 is 15.5. The number of hydrogen-bond donors (Lipinski definition) is 0. The third kappa shape index (κ3) is 6.13. The largest absolute Gasteiger partial charge is 0.390 e. The van der Waals surface area contributed by atoms with Crippen LogP contribution in [0.4, 0.5) is 0 Å². The maximum atomic E-state index is 10.8. The Bertz CT molecular complexity index is 198. The van der Waals surface area contributed by atoms with Gasteiger partial charge in [0.15, 0.2) is 0 Å². The molecule has 0 aliphatic rings. The molecule has 0 aromatic heterocycles. The van der Waals surface area contributed by atoms with Crippen molar-refractivity contribution in [3.8, 4) is 0 Å². The highest BCUT2D eigenvalue weighted by Crippen LogP contribution is 2.27. The molecule has 0 unspecified atom stereocenters. The van der Waals surface area contributed by atoms with Gasteiger partial charge < -0.3 is 4.74 Å². The second-order valence-electron chi connectivity index (χ2n) is 2.20. The molecule has 13 heavy (non-hydrogen) atoms. The minimum absolute atomic E-state index is 0.520. The van der Waals surface area contributed by atoms with E-state index in [1.807, 2.05) is 6.92 Å². The fourth-order valence-corrected chi connectivity index (χ4v) is 0.569. The van der Waals surface area contributed by atoms with Crippen molar-refractivity contribution >= 4 is 46.7 Å². The number of rotatable bonds is 3. The van der Waals surface area contributed by atoms with E-state index in [0.717, 1.165) is 6.42 Å². The SMILES string of the molecule is CCC[CH]C(=O)OC(=O)C(Cl)(Cl)Cl. The van der Waals surface area contributed by atoms with Crippen LogP contribution >= 0.6 is 34.8 Å². The number of hydrogen-bond acceptors (Lipinski definition) is 3. The summed E-state index contributed by atoms with van der Waals surface area (Å²) in [7, 11) is 0. The van der Waals surface area contributed by atoms with Crippen LogP contribution in [0.25, 0.3) is 0 Å². The van der Waals surface area contributed by atoms with Crippen molar-refractivity contribution in [2.75, 3.05) is 0 Å². The van der Waals surface area contributed by atoms with Crippen molar-refractivity contribution in [1.82, 2.24) is 0 Å². The van der Waals surface area contributed by atoms with Crippen molar-refractivity contribution in [2.45, 2.75) is 23.6 Å². The molecule has 0 saturated carbocycles. The monoisotopic (exact) mass is 245 g/mol. The molecule has 6 heteroatoms. The van der Waals surface area contributed by atoms with Crippen molar-refractivity contribution < 1.29 is 14.3 Å². The van der Waals surface area contributed by atoms with Crippen LogP contribution in [0.2, 0.25) is 0 Å². The molecule has 0 aromatic carbocycles. The van der Waals surface area contributed by atoms with E-state index in [9.17, 15) is 9.59 Å². The summed E-state index contributed by atoms with van der Waals surface area (Å²) in [4.78, 5) is 21.6. The Morgan fingerprint density at radius 2 is 1.92 bits per heavy atom. The van der Waals surface area contributed by atoms with Gasteiger partial charge in [0.1, 0.15) is 0 Å². The molecule has 0 rings (SSSR count). The van der Waals surface area contributed by atoms with Gasteiger partial charge in [-0.15, -0.1) is 0 Å². The first kappa shape index (κ1) is 13.0. The number of ether oxygens (including phenoxy) is 1. The summed E-state index contributed by atoms with van der Waals surface area (Å²) in [6, 6.07) is 0. The van der Waals surface area contributed by atoms with E-state index < -0.39 is 15.7 Å². The van der Waals surface area contributed by atoms with Crippen LogP contribution < -0.4 is 0 Å². The molecule has 0 heterocycles. The summed E-state index contributed by atoms with van der Waals surface area (Å²) in [5.74, 6) is -1.98. The van der Waals surface area contributed by atoms with E-state index in [-0.39, 0.29) is 0 Å². The van der Waals surface area contributed by atoms with Gasteiger partial charge in [-0.1, -0.05) is 48.1 Å². The predicted octanol–water partition coefficient (Wildman–Crippen LogP) is 2.43. The highest BCUT2D eigenvalue weighted by Gasteiger charge is 2.34. The highest BCUT2D eigenvalue weighted by molar-refractivity contribution is 6.75. The van der Waals surface area contributed by atoms with Crippen molar-refractivity contribution in [1.29, 1.82) is 0 Å². The third-order valence-corrected chi connectivity index (χ3v) is 1.49. The molecule has 1 radical (unpaired) electrons. The van der Waals surface area contributed by atoms with Crippen LogP contribution in [-0.2, 0) is 14.3 Å². The summed E-state index contributed by atoms with van der Waals surface area (Å²) in [6.45, 7) is 1.88. The molecule has 0 aliphatic heterocycles. The zero-order chi connectivity index (χ0) is 10.5. The van der Waals surface area contributed by atoms with Gasteiger partial charge in [-0.25, -0.2) is 4.79 Å². The first-order chi connectivity index (χ1) is 5.88. The molecule has 75 valence electrons. The van der Waals surface area contributed by atoms with Crippen LogP contribution in [0, 0.1) is 6.42 Å². The van der Waals surface area contributed by atoms with E-state index in [4.69, 9.17) is 34.8 Å². The Balaban J connectivity index is 3.86. The van der Waals surface area contributed by atoms with Gasteiger partial charge in [-0.05, 0) is 6.42 Å². The second-order valence-corrected chi connectivity index (χ2v) is 4.48. The van der Waals surface area contributed by atoms with E-state index in [2.05, 4.69) is 4.74 Å². The minimum Gasteiger partial charge on any atom is -0.390 e. The number of carbonyl (C=O) groups is 2. The molecule has 0 bridgehead atoms. The summed E-state index contributed by atoms with van der Waals surface area (Å²) in [6.07, 6.45) is 2.51. The number of alkyl halides is 3. The van der Waals surface area contributed by atoms with Gasteiger partial charge in [0.2, 0.25) is 0 Å². The third-order valence-electron chi connectivity index (χ3n) is 1.02. The molecule has 0 aliphatic carbocycles. The molecule has 0 spiro atoms. The van der Waals surface area contributed by atoms with E-state index in [1.165, 1.54) is 6.42 Å². The average molecular weight is 246 g/mol. The van der Waals surface area contributed by atoms with Gasteiger partial charge in [0.05, 0.1) is 6.42 Å². The van der Waals surface area contributed by atoms with Crippen molar-refractivity contribution in [3.63, 3.8) is 0 Å².